The van der Waals surface area contributed by atoms with Crippen LogP contribution in [-0.2, 0) is 17.3 Å². The van der Waals surface area contributed by atoms with Crippen molar-refractivity contribution < 1.29 is 19.4 Å². The van der Waals surface area contributed by atoms with Crippen LogP contribution in [0.25, 0.3) is 0 Å². The molecule has 1 amide bonds. The second-order valence-corrected chi connectivity index (χ2v) is 11.3. The fourth-order valence-electron chi connectivity index (χ4n) is 5.06. The predicted octanol–water partition coefficient (Wildman–Crippen LogP) is 6.09. The average Bonchev–Trinajstić information content (AvgIpc) is 3.27. The van der Waals surface area contributed by atoms with Gasteiger partial charge in [0.1, 0.15) is 11.5 Å². The van der Waals surface area contributed by atoms with E-state index in [0.29, 0.717) is 12.0 Å². The van der Waals surface area contributed by atoms with Gasteiger partial charge < -0.3 is 19.9 Å². The molecule has 2 atom stereocenters. The monoisotopic (exact) mass is 475 g/mol. The van der Waals surface area contributed by atoms with Crippen LogP contribution >= 0.6 is 0 Å². The minimum atomic E-state index is -0.903. The Hall–Kier alpha value is -3.05. The van der Waals surface area contributed by atoms with E-state index >= 15 is 0 Å². The van der Waals surface area contributed by atoms with Crippen molar-refractivity contribution in [3.63, 3.8) is 0 Å². The van der Waals surface area contributed by atoms with E-state index in [0.717, 1.165) is 12.2 Å². The van der Waals surface area contributed by atoms with Crippen molar-refractivity contribution in [1.29, 1.82) is 0 Å². The number of carbonyl (C=O) groups excluding carboxylic acids is 1. The van der Waals surface area contributed by atoms with Crippen molar-refractivity contribution in [2.45, 2.75) is 83.8 Å². The van der Waals surface area contributed by atoms with Gasteiger partial charge in [-0.15, -0.1) is 0 Å². The molecule has 4 rings (SSSR count). The molecule has 1 aromatic heterocycles. The first kappa shape index (κ1) is 25.1. The van der Waals surface area contributed by atoms with Crippen LogP contribution in [0, 0.1) is 6.92 Å². The summed E-state index contributed by atoms with van der Waals surface area (Å²) in [6.07, 6.45) is 2.06. The minimum absolute atomic E-state index is 0.127. The molecule has 0 bridgehead atoms. The molecule has 2 aromatic carbocycles. The van der Waals surface area contributed by atoms with E-state index in [9.17, 15) is 15.0 Å². The molecule has 35 heavy (non-hydrogen) atoms. The van der Waals surface area contributed by atoms with E-state index in [4.69, 9.17) is 4.42 Å². The van der Waals surface area contributed by atoms with Crippen molar-refractivity contribution in [1.82, 2.24) is 5.32 Å². The number of fused-ring (bicyclic) bond motifs is 1. The van der Waals surface area contributed by atoms with E-state index in [-0.39, 0.29) is 28.2 Å². The van der Waals surface area contributed by atoms with Crippen LogP contribution in [0.1, 0.15) is 97.7 Å². The largest absolute Gasteiger partial charge is 0.508 e. The number of aliphatic hydroxyl groups excluding tert-OH is 1. The average molecular weight is 476 g/mol. The zero-order valence-corrected chi connectivity index (χ0v) is 21.6. The lowest BCUT2D eigenvalue weighted by Crippen LogP contribution is -2.36. The van der Waals surface area contributed by atoms with Crippen LogP contribution in [-0.4, -0.2) is 22.2 Å². The molecule has 0 saturated heterocycles. The fourth-order valence-corrected chi connectivity index (χ4v) is 5.06. The van der Waals surface area contributed by atoms with E-state index in [1.807, 2.05) is 6.07 Å². The summed E-state index contributed by atoms with van der Waals surface area (Å²) in [5.74, 6) is 0.716. The van der Waals surface area contributed by atoms with Gasteiger partial charge >= 0.3 is 0 Å². The number of hydrogen-bond acceptors (Lipinski definition) is 4. The number of phenolic OH excluding ortho intramolecular Hbond substituents is 1. The third-order valence-corrected chi connectivity index (χ3v) is 7.63. The zero-order valence-electron chi connectivity index (χ0n) is 21.6. The van der Waals surface area contributed by atoms with Gasteiger partial charge in [-0.3, -0.25) is 4.79 Å². The molecule has 3 aromatic rings. The Morgan fingerprint density at radius 3 is 2.23 bits per heavy atom. The number of amides is 1. The molecular weight excluding hydrogens is 438 g/mol. The van der Waals surface area contributed by atoms with Gasteiger partial charge in [0.05, 0.1) is 12.1 Å². The number of furan rings is 1. The quantitative estimate of drug-likeness (QED) is 0.403. The molecule has 3 N–H and O–H groups in total. The number of carbonyl (C=O) groups is 1. The number of benzene rings is 2. The molecule has 0 saturated carbocycles. The maximum atomic E-state index is 12.8. The highest BCUT2D eigenvalue weighted by Gasteiger charge is 2.37. The highest BCUT2D eigenvalue weighted by atomic mass is 16.4. The van der Waals surface area contributed by atoms with Crippen LogP contribution < -0.4 is 5.32 Å². The van der Waals surface area contributed by atoms with E-state index in [1.54, 1.807) is 25.1 Å². The van der Waals surface area contributed by atoms with Crippen molar-refractivity contribution >= 4 is 5.91 Å². The van der Waals surface area contributed by atoms with Crippen molar-refractivity contribution in [3.8, 4) is 5.75 Å². The second-order valence-electron chi connectivity index (χ2n) is 11.3. The summed E-state index contributed by atoms with van der Waals surface area (Å²) in [5, 5.41) is 22.8. The van der Waals surface area contributed by atoms with Crippen LogP contribution in [0.3, 0.4) is 0 Å². The Balaban J connectivity index is 1.48. The molecular formula is C30H37NO4. The lowest BCUT2D eigenvalue weighted by atomic mass is 9.62. The van der Waals surface area contributed by atoms with Crippen molar-refractivity contribution in [2.75, 3.05) is 0 Å². The Bertz CT molecular complexity index is 1220. The summed E-state index contributed by atoms with van der Waals surface area (Å²) in [6, 6.07) is 14.0. The number of aryl methyl sites for hydroxylation is 1. The number of hydrogen-bond donors (Lipinski definition) is 3. The lowest BCUT2D eigenvalue weighted by Gasteiger charge is -2.42. The second kappa shape index (κ2) is 9.19. The van der Waals surface area contributed by atoms with Gasteiger partial charge in [-0.2, -0.15) is 0 Å². The summed E-state index contributed by atoms with van der Waals surface area (Å²) in [5.41, 5.74) is 6.23. The first-order valence-electron chi connectivity index (χ1n) is 12.4. The minimum Gasteiger partial charge on any atom is -0.508 e. The van der Waals surface area contributed by atoms with Gasteiger partial charge in [-0.05, 0) is 89.6 Å². The molecule has 1 aliphatic carbocycles. The first-order valence-corrected chi connectivity index (χ1v) is 12.4. The first-order chi connectivity index (χ1) is 16.4. The molecule has 0 spiro atoms. The van der Waals surface area contributed by atoms with Crippen LogP contribution in [0.2, 0.25) is 0 Å². The SMILES string of the molecule is Cc1cc2c(cc1Cc1ccc(C(=O)NC(C)C(O)c3ccc(O)cc3)o1)C(C)(C)CCC2(C)C. The number of nitrogens with one attached hydrogen (secondary N) is 1. The third-order valence-electron chi connectivity index (χ3n) is 7.63. The molecule has 0 radical (unpaired) electrons. The molecule has 0 aliphatic heterocycles. The van der Waals surface area contributed by atoms with Crippen LogP contribution in [0.4, 0.5) is 0 Å². The molecule has 0 fully saturated rings. The third kappa shape index (κ3) is 5.15. The zero-order chi connectivity index (χ0) is 25.5. The topological polar surface area (TPSA) is 82.7 Å². The van der Waals surface area contributed by atoms with E-state index < -0.39 is 12.1 Å². The van der Waals surface area contributed by atoms with E-state index in [2.05, 4.69) is 52.1 Å². The molecule has 5 nitrogen and oxygen atoms in total. The Labute approximate surface area is 208 Å². The number of aliphatic hydroxyl groups is 1. The summed E-state index contributed by atoms with van der Waals surface area (Å²) in [6.45, 7) is 13.2. The Morgan fingerprint density at radius 1 is 1.00 bits per heavy atom. The van der Waals surface area contributed by atoms with Crippen LogP contribution in [0.5, 0.6) is 5.75 Å². The molecule has 5 heteroatoms. The highest BCUT2D eigenvalue weighted by molar-refractivity contribution is 5.91. The van der Waals surface area contributed by atoms with Gasteiger partial charge in [0.15, 0.2) is 5.76 Å². The van der Waals surface area contributed by atoms with Crippen molar-refractivity contribution in [2.24, 2.45) is 0 Å². The molecule has 1 heterocycles. The van der Waals surface area contributed by atoms with Crippen molar-refractivity contribution in [3.05, 3.63) is 87.9 Å². The molecule has 2 unspecified atom stereocenters. The summed E-state index contributed by atoms with van der Waals surface area (Å²) in [7, 11) is 0. The maximum absolute atomic E-state index is 12.8. The predicted molar refractivity (Wildman–Crippen MR) is 138 cm³/mol. The number of aromatic hydroxyl groups is 1. The van der Waals surface area contributed by atoms with Gasteiger partial charge in [0, 0.05) is 6.42 Å². The van der Waals surface area contributed by atoms with Gasteiger partial charge in [0.25, 0.3) is 5.91 Å². The maximum Gasteiger partial charge on any atom is 0.287 e. The Kier molecular flexibility index (Phi) is 6.58. The van der Waals surface area contributed by atoms with Crippen LogP contribution in [0.15, 0.2) is 52.9 Å². The highest BCUT2D eigenvalue weighted by Crippen LogP contribution is 2.46. The molecule has 1 aliphatic rings. The van der Waals surface area contributed by atoms with E-state index in [1.165, 1.54) is 40.8 Å². The number of rotatable bonds is 6. The number of phenols is 1. The standard InChI is InChI=1S/C30H37NO4/c1-18-15-24-25(30(5,6)14-13-29(24,3)4)17-21(18)16-23-11-12-26(35-23)28(34)31-19(2)27(33)20-7-9-22(32)10-8-20/h7-12,15,17,19,27,32-33H,13-14,16H2,1-6H3,(H,31,34). The molecule has 186 valence electrons. The Morgan fingerprint density at radius 2 is 1.60 bits per heavy atom. The summed E-state index contributed by atoms with van der Waals surface area (Å²) in [4.78, 5) is 12.8. The fraction of sp³-hybridized carbons (Fsp3) is 0.433. The van der Waals surface area contributed by atoms with Gasteiger partial charge in [0.2, 0.25) is 0 Å². The summed E-state index contributed by atoms with van der Waals surface area (Å²) < 4.78 is 5.92. The normalized spacial score (nSPS) is 17.9. The lowest BCUT2D eigenvalue weighted by molar-refractivity contribution is 0.0824. The smallest absolute Gasteiger partial charge is 0.287 e. The van der Waals surface area contributed by atoms with Gasteiger partial charge in [-0.1, -0.05) is 52.0 Å². The van der Waals surface area contributed by atoms with Gasteiger partial charge in [-0.25, -0.2) is 0 Å². The summed E-state index contributed by atoms with van der Waals surface area (Å²) >= 11 is 0.